The molecule has 0 aromatic carbocycles. The Balaban J connectivity index is 2.16. The molecule has 0 aromatic rings. The fourth-order valence-corrected chi connectivity index (χ4v) is 4.07. The average Bonchev–Trinajstić information content (AvgIpc) is 3.03. The molecule has 1 unspecified atom stereocenters. The quantitative estimate of drug-likeness (QED) is 0.166. The van der Waals surface area contributed by atoms with Gasteiger partial charge in [0.1, 0.15) is 37.1 Å². The molecule has 0 amide bonds. The van der Waals surface area contributed by atoms with Crippen molar-refractivity contribution in [1.29, 1.82) is 0 Å². The van der Waals surface area contributed by atoms with Crippen LogP contribution in [-0.2, 0) is 33.3 Å². The van der Waals surface area contributed by atoms with Crippen molar-refractivity contribution in [3.63, 3.8) is 0 Å². The third kappa shape index (κ3) is 4.54. The van der Waals surface area contributed by atoms with E-state index in [9.17, 15) is 50.4 Å². The highest BCUT2D eigenvalue weighted by molar-refractivity contribution is 5.71. The predicted octanol–water partition coefficient (Wildman–Crippen LogP) is -4.69. The molecule has 34 heavy (non-hydrogen) atoms. The Hall–Kier alpha value is -1.50. The molecule has 3 fully saturated rings. The largest absolute Gasteiger partial charge is 0.420 e. The van der Waals surface area contributed by atoms with Crippen molar-refractivity contribution in [2.75, 3.05) is 19.8 Å². The molecule has 3 heterocycles. The first kappa shape index (κ1) is 27.1. The van der Waals surface area contributed by atoms with E-state index in [0.29, 0.717) is 6.42 Å². The van der Waals surface area contributed by atoms with Crippen molar-refractivity contribution in [3.8, 4) is 0 Å². The second-order valence-electron chi connectivity index (χ2n) is 8.38. The van der Waals surface area contributed by atoms with Crippen LogP contribution in [0.25, 0.3) is 0 Å². The molecule has 0 bridgehead atoms. The second kappa shape index (κ2) is 10.2. The Kier molecular flexibility index (Phi) is 8.16. The minimum absolute atomic E-state index is 0.227. The number of ether oxygens (including phenoxy) is 5. The molecule has 0 aromatic heterocycles. The van der Waals surface area contributed by atoms with E-state index in [2.05, 4.69) is 0 Å². The van der Waals surface area contributed by atoms with Gasteiger partial charge in [-0.25, -0.2) is 0 Å². The first-order valence-electron chi connectivity index (χ1n) is 10.8. The Morgan fingerprint density at radius 2 is 1.32 bits per heavy atom. The summed E-state index contributed by atoms with van der Waals surface area (Å²) < 4.78 is 26.2. The van der Waals surface area contributed by atoms with Gasteiger partial charge in [-0.2, -0.15) is 0 Å². The van der Waals surface area contributed by atoms with Gasteiger partial charge < -0.3 is 59.8 Å². The molecule has 3 saturated heterocycles. The molecule has 0 radical (unpaired) electrons. The van der Waals surface area contributed by atoms with E-state index in [-0.39, 0.29) is 25.7 Å². The highest BCUT2D eigenvalue weighted by atomic mass is 17.0. The number of hydrogen-bond acceptors (Lipinski definition) is 15. The van der Waals surface area contributed by atoms with Crippen LogP contribution in [0.4, 0.5) is 0 Å². The molecule has 3 rings (SSSR count). The zero-order valence-electron chi connectivity index (χ0n) is 18.1. The smallest absolute Gasteiger partial charge is 0.405 e. The van der Waals surface area contributed by atoms with Crippen molar-refractivity contribution in [3.05, 3.63) is 0 Å². The average molecular weight is 498 g/mol. The Bertz CT molecular complexity index is 749. The lowest BCUT2D eigenvalue weighted by Crippen LogP contribution is -2.78. The Morgan fingerprint density at radius 3 is 1.85 bits per heavy atom. The van der Waals surface area contributed by atoms with Gasteiger partial charge in [-0.1, -0.05) is 6.42 Å². The molecule has 0 saturated carbocycles. The van der Waals surface area contributed by atoms with Gasteiger partial charge in [-0.15, -0.1) is 0 Å². The van der Waals surface area contributed by atoms with Crippen LogP contribution in [0.15, 0.2) is 0 Å². The van der Waals surface area contributed by atoms with Crippen LogP contribution in [-0.4, -0.2) is 127 Å². The number of carbonyl (C=O) groups excluding carboxylic acids is 2. The molecular formula is C19H30O15. The lowest BCUT2D eigenvalue weighted by Gasteiger charge is -2.53. The summed E-state index contributed by atoms with van der Waals surface area (Å²) in [4.78, 5) is 25.0. The Labute approximate surface area is 193 Å². The third-order valence-corrected chi connectivity index (χ3v) is 6.02. The van der Waals surface area contributed by atoms with Gasteiger partial charge in [0.15, 0.2) is 6.10 Å². The number of esters is 2. The fourth-order valence-electron chi connectivity index (χ4n) is 4.07. The predicted molar refractivity (Wildman–Crippen MR) is 102 cm³/mol. The normalized spacial score (nSPS) is 46.2. The summed E-state index contributed by atoms with van der Waals surface area (Å²) >= 11 is 0. The number of aliphatic hydroxyl groups is 8. The molecule has 8 N–H and O–H groups in total. The maximum atomic E-state index is 12.6. The van der Waals surface area contributed by atoms with Crippen LogP contribution in [0, 0.1) is 0 Å². The molecular weight excluding hydrogens is 468 g/mol. The zero-order valence-corrected chi connectivity index (χ0v) is 18.1. The van der Waals surface area contributed by atoms with E-state index < -0.39 is 85.9 Å². The summed E-state index contributed by atoms with van der Waals surface area (Å²) in [5.41, 5.74) is 0. The van der Waals surface area contributed by atoms with E-state index in [4.69, 9.17) is 23.7 Å². The molecule has 9 atom stereocenters. The van der Waals surface area contributed by atoms with Crippen LogP contribution >= 0.6 is 0 Å². The van der Waals surface area contributed by atoms with Gasteiger partial charge in [0, 0.05) is 12.8 Å². The monoisotopic (exact) mass is 498 g/mol. The summed E-state index contributed by atoms with van der Waals surface area (Å²) in [6.07, 6.45) is -11.7. The molecule has 196 valence electrons. The summed E-state index contributed by atoms with van der Waals surface area (Å²) in [6.45, 7) is -3.18. The van der Waals surface area contributed by atoms with Crippen LogP contribution in [0.5, 0.6) is 0 Å². The number of aliphatic hydroxyl groups excluding tert-OH is 7. The molecule has 15 heteroatoms. The van der Waals surface area contributed by atoms with E-state index in [0.717, 1.165) is 0 Å². The molecule has 3 aliphatic heterocycles. The number of rotatable bonds is 5. The van der Waals surface area contributed by atoms with Gasteiger partial charge in [-0.05, 0) is 12.8 Å². The van der Waals surface area contributed by atoms with Gasteiger partial charge in [0.2, 0.25) is 5.79 Å². The summed E-state index contributed by atoms with van der Waals surface area (Å²) in [7, 11) is 0. The van der Waals surface area contributed by atoms with Gasteiger partial charge in [0.05, 0.1) is 13.2 Å². The molecule has 15 nitrogen and oxygen atoms in total. The van der Waals surface area contributed by atoms with Crippen molar-refractivity contribution >= 4 is 11.9 Å². The maximum absolute atomic E-state index is 12.6. The minimum Gasteiger partial charge on any atom is -0.420 e. The van der Waals surface area contributed by atoms with E-state index in [1.165, 1.54) is 0 Å². The zero-order chi connectivity index (χ0) is 25.3. The van der Waals surface area contributed by atoms with Crippen LogP contribution in [0.3, 0.4) is 0 Å². The lowest BCUT2D eigenvalue weighted by molar-refractivity contribution is -0.553. The van der Waals surface area contributed by atoms with Crippen LogP contribution in [0.2, 0.25) is 0 Å². The van der Waals surface area contributed by atoms with Crippen molar-refractivity contribution in [2.45, 2.75) is 86.3 Å². The summed E-state index contributed by atoms with van der Waals surface area (Å²) in [5.74, 6) is -11.9. The number of carbonyl (C=O) groups is 2. The first-order valence-corrected chi connectivity index (χ1v) is 10.8. The van der Waals surface area contributed by atoms with Gasteiger partial charge >= 0.3 is 23.7 Å². The van der Waals surface area contributed by atoms with Gasteiger partial charge in [0.25, 0.3) is 0 Å². The maximum Gasteiger partial charge on any atom is 0.405 e. The highest BCUT2D eigenvalue weighted by Gasteiger charge is 2.75. The van der Waals surface area contributed by atoms with E-state index >= 15 is 0 Å². The van der Waals surface area contributed by atoms with Crippen molar-refractivity contribution < 1.29 is 74.1 Å². The second-order valence-corrected chi connectivity index (χ2v) is 8.38. The van der Waals surface area contributed by atoms with Gasteiger partial charge in [-0.3, -0.25) is 14.3 Å². The number of fused-ring (bicyclic) bond motifs is 1. The van der Waals surface area contributed by atoms with E-state index in [1.807, 2.05) is 0 Å². The van der Waals surface area contributed by atoms with Crippen LogP contribution < -0.4 is 0 Å². The third-order valence-electron chi connectivity index (χ3n) is 6.02. The topological polar surface area (TPSA) is 242 Å². The standard InChI is InChI=1S/C19H30O15/c20-6-9-13(25)15(27)17(8-22,30-9)34-19-18(29,16(28)14(26)10(7-21)31-19)32-11(23)4-2-1-3-5-12(24)33-19/h9-10,13-16,20-22,25-29H,1-8H2/t9-,10-,13-,14-,15+,16+,17?,18+,19+/m1/s1. The first-order chi connectivity index (χ1) is 16.0. The molecule has 0 spiro atoms. The minimum atomic E-state index is -3.51. The fraction of sp³-hybridized carbons (Fsp3) is 0.895. The number of hydrogen-bond donors (Lipinski definition) is 8. The molecule has 0 aliphatic carbocycles. The van der Waals surface area contributed by atoms with Crippen molar-refractivity contribution in [2.24, 2.45) is 0 Å². The molecule has 3 aliphatic rings. The summed E-state index contributed by atoms with van der Waals surface area (Å²) in [5, 5.41) is 82.1. The summed E-state index contributed by atoms with van der Waals surface area (Å²) in [6, 6.07) is 0. The lowest BCUT2D eigenvalue weighted by atomic mass is 9.93. The van der Waals surface area contributed by atoms with E-state index in [1.54, 1.807) is 0 Å². The SMILES string of the molecule is O=C1CCCCCC(=O)O[C@@]2(O)[C@@H](O)[C@H](O)[C@@H](CO)O[C@]2(OC2(CO)O[C@H](CO)[C@@H](O)[C@@H]2O)O1. The van der Waals surface area contributed by atoms with Crippen molar-refractivity contribution in [1.82, 2.24) is 0 Å². The van der Waals surface area contributed by atoms with Crippen LogP contribution in [0.1, 0.15) is 32.1 Å². The Morgan fingerprint density at radius 1 is 0.794 bits per heavy atom. The highest BCUT2D eigenvalue weighted by Crippen LogP contribution is 2.47.